The summed E-state index contributed by atoms with van der Waals surface area (Å²) in [6, 6.07) is 6.37. The lowest BCUT2D eigenvalue weighted by Gasteiger charge is -2.10. The fraction of sp³-hybridized carbons (Fsp3) is 0.500. The van der Waals surface area contributed by atoms with Crippen molar-refractivity contribution in [1.29, 1.82) is 0 Å². The first-order valence-corrected chi connectivity index (χ1v) is 6.19. The van der Waals surface area contributed by atoms with Crippen LogP contribution in [-0.4, -0.2) is 5.75 Å². The minimum atomic E-state index is 0.649. The molecule has 0 radical (unpaired) electrons. The van der Waals surface area contributed by atoms with Crippen LogP contribution in [0.5, 0.6) is 0 Å². The van der Waals surface area contributed by atoms with Crippen LogP contribution in [0.15, 0.2) is 23.1 Å². The molecule has 0 aliphatic heterocycles. The smallest absolute Gasteiger partial charge is 0.0189 e. The van der Waals surface area contributed by atoms with Crippen molar-refractivity contribution in [2.24, 2.45) is 5.73 Å². The minimum Gasteiger partial charge on any atom is -0.326 e. The van der Waals surface area contributed by atoms with E-state index in [0.29, 0.717) is 6.54 Å². The Morgan fingerprint density at radius 2 is 2.14 bits per heavy atom. The van der Waals surface area contributed by atoms with Crippen LogP contribution in [0.25, 0.3) is 0 Å². The van der Waals surface area contributed by atoms with Crippen LogP contribution in [0.1, 0.15) is 30.9 Å². The molecular formula is C12H19NS. The summed E-state index contributed by atoms with van der Waals surface area (Å²) in [4.78, 5) is 1.39. The van der Waals surface area contributed by atoms with Crippen molar-refractivity contribution < 1.29 is 0 Å². The van der Waals surface area contributed by atoms with Crippen LogP contribution >= 0.6 is 11.8 Å². The quantitative estimate of drug-likeness (QED) is 0.594. The van der Waals surface area contributed by atoms with Crippen LogP contribution in [0, 0.1) is 6.92 Å². The summed E-state index contributed by atoms with van der Waals surface area (Å²) in [6.45, 7) is 5.03. The van der Waals surface area contributed by atoms with Gasteiger partial charge in [0.2, 0.25) is 0 Å². The van der Waals surface area contributed by atoms with E-state index in [1.807, 2.05) is 11.8 Å². The molecule has 0 atom stereocenters. The van der Waals surface area contributed by atoms with Gasteiger partial charge in [0.05, 0.1) is 0 Å². The first-order valence-electron chi connectivity index (χ1n) is 5.21. The standard InChI is InChI=1S/C12H19NS/c1-3-4-8-14-12-10(2)6-5-7-11(12)9-13/h5-7H,3-4,8-9,13H2,1-2H3. The fourth-order valence-electron chi connectivity index (χ4n) is 1.40. The van der Waals surface area contributed by atoms with E-state index in [0.717, 1.165) is 0 Å². The van der Waals surface area contributed by atoms with E-state index in [9.17, 15) is 0 Å². The van der Waals surface area contributed by atoms with Crippen LogP contribution in [-0.2, 0) is 6.54 Å². The van der Waals surface area contributed by atoms with Gasteiger partial charge in [-0.2, -0.15) is 0 Å². The summed E-state index contributed by atoms with van der Waals surface area (Å²) >= 11 is 1.94. The molecule has 1 nitrogen and oxygen atoms in total. The molecule has 0 aliphatic rings. The Labute approximate surface area is 91.1 Å². The topological polar surface area (TPSA) is 26.0 Å². The third-order valence-electron chi connectivity index (χ3n) is 2.26. The number of hydrogen-bond acceptors (Lipinski definition) is 2. The molecule has 2 N–H and O–H groups in total. The molecule has 1 rings (SSSR count). The van der Waals surface area contributed by atoms with E-state index in [-0.39, 0.29) is 0 Å². The zero-order valence-electron chi connectivity index (χ0n) is 9.05. The molecule has 0 fully saturated rings. The highest BCUT2D eigenvalue weighted by Crippen LogP contribution is 2.27. The molecule has 0 amide bonds. The first kappa shape index (κ1) is 11.6. The van der Waals surface area contributed by atoms with Gasteiger partial charge in [-0.3, -0.25) is 0 Å². The molecule has 78 valence electrons. The van der Waals surface area contributed by atoms with E-state index >= 15 is 0 Å². The summed E-state index contributed by atoms with van der Waals surface area (Å²) in [5.41, 5.74) is 8.35. The molecule has 0 saturated carbocycles. The maximum absolute atomic E-state index is 5.71. The lowest BCUT2D eigenvalue weighted by atomic mass is 10.1. The fourth-order valence-corrected chi connectivity index (χ4v) is 2.67. The largest absolute Gasteiger partial charge is 0.326 e. The van der Waals surface area contributed by atoms with E-state index in [4.69, 9.17) is 5.73 Å². The van der Waals surface area contributed by atoms with Crippen molar-refractivity contribution in [2.45, 2.75) is 38.1 Å². The van der Waals surface area contributed by atoms with Gasteiger partial charge in [0.15, 0.2) is 0 Å². The number of nitrogens with two attached hydrogens (primary N) is 1. The zero-order valence-corrected chi connectivity index (χ0v) is 9.86. The van der Waals surface area contributed by atoms with Crippen LogP contribution in [0.3, 0.4) is 0 Å². The predicted octanol–water partition coefficient (Wildman–Crippen LogP) is 3.35. The number of unbranched alkanes of at least 4 members (excludes halogenated alkanes) is 1. The summed E-state index contributed by atoms with van der Waals surface area (Å²) in [6.07, 6.45) is 2.54. The van der Waals surface area contributed by atoms with Crippen LogP contribution in [0.2, 0.25) is 0 Å². The first-order chi connectivity index (χ1) is 6.79. The number of benzene rings is 1. The van der Waals surface area contributed by atoms with Gasteiger partial charge < -0.3 is 5.73 Å². The lowest BCUT2D eigenvalue weighted by Crippen LogP contribution is -1.99. The predicted molar refractivity (Wildman–Crippen MR) is 64.7 cm³/mol. The number of hydrogen-bond donors (Lipinski definition) is 1. The summed E-state index contributed by atoms with van der Waals surface area (Å²) in [5, 5.41) is 0. The third kappa shape index (κ3) is 3.03. The number of rotatable bonds is 5. The number of aryl methyl sites for hydroxylation is 1. The van der Waals surface area contributed by atoms with Crippen molar-refractivity contribution in [2.75, 3.05) is 5.75 Å². The highest BCUT2D eigenvalue weighted by Gasteiger charge is 2.03. The highest BCUT2D eigenvalue weighted by atomic mass is 32.2. The molecule has 0 saturated heterocycles. The van der Waals surface area contributed by atoms with E-state index in [1.165, 1.54) is 34.6 Å². The van der Waals surface area contributed by atoms with E-state index in [1.54, 1.807) is 0 Å². The second kappa shape index (κ2) is 6.10. The molecule has 0 aromatic heterocycles. The molecule has 1 aromatic carbocycles. The molecule has 0 unspecified atom stereocenters. The lowest BCUT2D eigenvalue weighted by molar-refractivity contribution is 0.894. The molecule has 1 aromatic rings. The van der Waals surface area contributed by atoms with Gasteiger partial charge in [-0.05, 0) is 30.2 Å². The second-order valence-electron chi connectivity index (χ2n) is 3.47. The molecular weight excluding hydrogens is 190 g/mol. The average Bonchev–Trinajstić information content (AvgIpc) is 2.20. The summed E-state index contributed by atoms with van der Waals surface area (Å²) in [5.74, 6) is 1.20. The van der Waals surface area contributed by atoms with Crippen LogP contribution in [0.4, 0.5) is 0 Å². The normalized spacial score (nSPS) is 10.5. The monoisotopic (exact) mass is 209 g/mol. The summed E-state index contributed by atoms with van der Waals surface area (Å²) in [7, 11) is 0. The van der Waals surface area contributed by atoms with Crippen molar-refractivity contribution >= 4 is 11.8 Å². The molecule has 2 heteroatoms. The SMILES string of the molecule is CCCCSc1c(C)cccc1CN. The third-order valence-corrected chi connectivity index (χ3v) is 3.62. The van der Waals surface area contributed by atoms with Gasteiger partial charge in [0.1, 0.15) is 0 Å². The maximum atomic E-state index is 5.71. The van der Waals surface area contributed by atoms with Gasteiger partial charge in [-0.1, -0.05) is 31.5 Å². The van der Waals surface area contributed by atoms with Crippen molar-refractivity contribution in [3.8, 4) is 0 Å². The van der Waals surface area contributed by atoms with E-state index in [2.05, 4.69) is 32.0 Å². The second-order valence-corrected chi connectivity index (χ2v) is 4.57. The molecule has 0 aliphatic carbocycles. The van der Waals surface area contributed by atoms with Gasteiger partial charge >= 0.3 is 0 Å². The molecule has 0 bridgehead atoms. The number of thioether (sulfide) groups is 1. The van der Waals surface area contributed by atoms with Gasteiger partial charge in [-0.15, -0.1) is 11.8 Å². The van der Waals surface area contributed by atoms with E-state index < -0.39 is 0 Å². The minimum absolute atomic E-state index is 0.649. The van der Waals surface area contributed by atoms with Gasteiger partial charge in [0, 0.05) is 11.4 Å². The Kier molecular flexibility index (Phi) is 5.05. The Bertz CT molecular complexity index is 284. The molecule has 14 heavy (non-hydrogen) atoms. The molecule has 0 spiro atoms. The Hall–Kier alpha value is -0.470. The highest BCUT2D eigenvalue weighted by molar-refractivity contribution is 7.99. The summed E-state index contributed by atoms with van der Waals surface area (Å²) < 4.78 is 0. The van der Waals surface area contributed by atoms with Gasteiger partial charge in [-0.25, -0.2) is 0 Å². The Morgan fingerprint density at radius 1 is 1.36 bits per heavy atom. The van der Waals surface area contributed by atoms with Crippen LogP contribution < -0.4 is 5.73 Å². The van der Waals surface area contributed by atoms with Gasteiger partial charge in [0.25, 0.3) is 0 Å². The maximum Gasteiger partial charge on any atom is 0.0189 e. The average molecular weight is 209 g/mol. The zero-order chi connectivity index (χ0) is 10.4. The Balaban J connectivity index is 2.72. The van der Waals surface area contributed by atoms with Crippen molar-refractivity contribution in [1.82, 2.24) is 0 Å². The Morgan fingerprint density at radius 3 is 2.79 bits per heavy atom. The van der Waals surface area contributed by atoms with Crippen molar-refractivity contribution in [3.63, 3.8) is 0 Å². The van der Waals surface area contributed by atoms with Crippen molar-refractivity contribution in [3.05, 3.63) is 29.3 Å². The molecule has 0 heterocycles.